The van der Waals surface area contributed by atoms with E-state index in [-0.39, 0.29) is 42.2 Å². The Hall–Kier alpha value is -5.03. The fraction of sp³-hybridized carbons (Fsp3) is 0.476. The van der Waals surface area contributed by atoms with Crippen LogP contribution >= 0.6 is 11.8 Å². The number of hydrogen-bond acceptors (Lipinski definition) is 16. The number of phenolic OH excluding ortho intramolecular Hbond substituents is 2. The highest BCUT2D eigenvalue weighted by molar-refractivity contribution is 7.99. The summed E-state index contributed by atoms with van der Waals surface area (Å²) < 4.78 is 36.2. The van der Waals surface area contributed by atoms with Crippen LogP contribution in [0.2, 0.25) is 0 Å². The van der Waals surface area contributed by atoms with Crippen LogP contribution in [0.4, 0.5) is 0 Å². The Morgan fingerprint density at radius 3 is 2.48 bits per heavy atom. The van der Waals surface area contributed by atoms with E-state index in [9.17, 15) is 29.4 Å². The molecule has 2 fully saturated rings. The highest BCUT2D eigenvalue weighted by Crippen LogP contribution is 2.65. The van der Waals surface area contributed by atoms with Crippen LogP contribution in [-0.4, -0.2) is 110 Å². The van der Waals surface area contributed by atoms with Crippen molar-refractivity contribution >= 4 is 36.3 Å². The summed E-state index contributed by atoms with van der Waals surface area (Å²) in [5, 5.41) is 25.8. The average molecular weight is 816 g/mol. The number of aldehydes is 2. The second-order valence-electron chi connectivity index (χ2n) is 15.9. The van der Waals surface area contributed by atoms with Crippen molar-refractivity contribution in [2.75, 3.05) is 47.0 Å². The van der Waals surface area contributed by atoms with Crippen molar-refractivity contribution in [3.05, 3.63) is 62.7 Å². The van der Waals surface area contributed by atoms with Crippen LogP contribution in [0.1, 0.15) is 68.8 Å². The number of nitrogens with zero attached hydrogens (tertiary/aromatic N) is 2. The van der Waals surface area contributed by atoms with Gasteiger partial charge in [0.05, 0.1) is 37.5 Å². The third kappa shape index (κ3) is 5.30. The van der Waals surface area contributed by atoms with E-state index in [0.29, 0.717) is 77.0 Å². The summed E-state index contributed by atoms with van der Waals surface area (Å²) in [4.78, 5) is 58.2. The van der Waals surface area contributed by atoms with Crippen molar-refractivity contribution < 1.29 is 57.8 Å². The predicted molar refractivity (Wildman–Crippen MR) is 208 cm³/mol. The molecule has 4 bridgehead atoms. The number of aryl methyl sites for hydroxylation is 1. The minimum atomic E-state index is -1.42. The Labute approximate surface area is 338 Å². The molecule has 0 saturated carbocycles. The number of phenols is 2. The molecule has 0 radical (unpaired) electrons. The van der Waals surface area contributed by atoms with Gasteiger partial charge in [-0.25, -0.2) is 4.79 Å². The van der Waals surface area contributed by atoms with Gasteiger partial charge < -0.3 is 48.2 Å². The smallest absolute Gasteiger partial charge is 0.331 e. The number of carbonyl (C=O) groups excluding carboxylic acids is 4. The summed E-state index contributed by atoms with van der Waals surface area (Å²) in [5.74, 6) is -0.576. The first-order valence-electron chi connectivity index (χ1n) is 19.3. The number of piperazine rings is 1. The summed E-state index contributed by atoms with van der Waals surface area (Å²) in [6.07, 6.45) is 2.27. The van der Waals surface area contributed by atoms with Gasteiger partial charge in [0, 0.05) is 59.6 Å². The molecule has 2 saturated heterocycles. The van der Waals surface area contributed by atoms with Crippen LogP contribution in [-0.2, 0) is 42.3 Å². The first kappa shape index (κ1) is 38.5. The Balaban J connectivity index is 1.36. The molecule has 7 heterocycles. The van der Waals surface area contributed by atoms with E-state index in [1.165, 1.54) is 32.9 Å². The van der Waals surface area contributed by atoms with E-state index in [1.807, 2.05) is 20.0 Å². The van der Waals surface area contributed by atoms with E-state index >= 15 is 0 Å². The molecule has 7 aliphatic heterocycles. The SMILES string of the molecule is COc1cc2c(cc1O)CCN[C@]21CS[C@@H]2c3c(OC(C)=O)c(C)c4c(c3[C@H](COC1=O)N1[C@@H]2[C@H]2c3c(cc(C)c(OC)c3O)C[C@@H]([C@@H]1C(C=O)C=O)N2C)OCO4. The summed E-state index contributed by atoms with van der Waals surface area (Å²) in [6, 6.07) is 2.08. The van der Waals surface area contributed by atoms with Gasteiger partial charge in [0.15, 0.2) is 40.0 Å². The van der Waals surface area contributed by atoms with E-state index in [2.05, 4.69) is 15.1 Å². The largest absolute Gasteiger partial charge is 0.504 e. The van der Waals surface area contributed by atoms with Gasteiger partial charge in [0.25, 0.3) is 0 Å². The molecular formula is C42H45N3O12S. The number of rotatable bonds is 6. The summed E-state index contributed by atoms with van der Waals surface area (Å²) in [7, 11) is 4.90. The lowest BCUT2D eigenvalue weighted by Gasteiger charge is -2.64. The lowest BCUT2D eigenvalue weighted by atomic mass is 9.69. The normalized spacial score (nSPS) is 28.2. The molecule has 7 aliphatic rings. The maximum Gasteiger partial charge on any atom is 0.331 e. The van der Waals surface area contributed by atoms with E-state index < -0.39 is 58.9 Å². The molecule has 3 N–H and O–H groups in total. The molecule has 0 unspecified atom stereocenters. The van der Waals surface area contributed by atoms with Crippen LogP contribution in [0.3, 0.4) is 0 Å². The zero-order valence-electron chi connectivity index (χ0n) is 33.0. The second-order valence-corrected chi connectivity index (χ2v) is 17.0. The zero-order chi connectivity index (χ0) is 40.9. The molecular weight excluding hydrogens is 771 g/mol. The first-order chi connectivity index (χ1) is 27.9. The summed E-state index contributed by atoms with van der Waals surface area (Å²) in [6.45, 7) is 5.03. The molecule has 3 aromatic rings. The van der Waals surface area contributed by atoms with Crippen molar-refractivity contribution in [3.8, 4) is 40.2 Å². The standard InChI is InChI=1S/C42H45N3O12S/c1-18-9-22-10-25-32(23(13-46)14-47)45-26-15-54-41(51)42(24-12-28(52-5)27(49)11-21(24)7-8-43-42)16-58-40(34(45)33(44(25)4)29(22)35(50)36(18)53-6)31-30(26)39-38(55-17-56-39)19(2)37(31)57-20(3)48/h9,11-14,23,25-26,32-34,40,43,49-50H,7-8,10,15-17H2,1-6H3/t25-,26-,32-,33+,34+,40+,42+/m0/s1. The van der Waals surface area contributed by atoms with Crippen LogP contribution in [0, 0.1) is 19.8 Å². The Bertz CT molecular complexity index is 2280. The van der Waals surface area contributed by atoms with Gasteiger partial charge in [-0.2, -0.15) is 0 Å². The number of likely N-dealkylation sites (N-methyl/N-ethyl adjacent to an activating group) is 1. The number of esters is 2. The van der Waals surface area contributed by atoms with Crippen LogP contribution < -0.4 is 29.0 Å². The molecule has 58 heavy (non-hydrogen) atoms. The molecule has 0 aliphatic carbocycles. The molecule has 1 spiro atoms. The number of benzene rings is 3. The van der Waals surface area contributed by atoms with Crippen molar-refractivity contribution in [2.45, 2.75) is 74.6 Å². The van der Waals surface area contributed by atoms with Crippen LogP contribution in [0.25, 0.3) is 0 Å². The highest BCUT2D eigenvalue weighted by Gasteiger charge is 2.62. The third-order valence-electron chi connectivity index (χ3n) is 13.1. The van der Waals surface area contributed by atoms with E-state index in [0.717, 1.165) is 16.7 Å². The topological polar surface area (TPSA) is 183 Å². The second kappa shape index (κ2) is 14.1. The number of fused-ring (bicyclic) bond motifs is 9. The Morgan fingerprint density at radius 1 is 1.02 bits per heavy atom. The molecule has 15 nitrogen and oxygen atoms in total. The third-order valence-corrected chi connectivity index (χ3v) is 14.5. The molecule has 0 amide bonds. The fourth-order valence-corrected chi connectivity index (χ4v) is 12.4. The number of hydrogen-bond donors (Lipinski definition) is 3. The van der Waals surface area contributed by atoms with Gasteiger partial charge in [0.1, 0.15) is 24.9 Å². The summed E-state index contributed by atoms with van der Waals surface area (Å²) >= 11 is 1.43. The van der Waals surface area contributed by atoms with Gasteiger partial charge >= 0.3 is 11.9 Å². The Kier molecular flexibility index (Phi) is 9.33. The quantitative estimate of drug-likeness (QED) is 0.142. The monoisotopic (exact) mass is 815 g/mol. The van der Waals surface area contributed by atoms with Gasteiger partial charge in [0.2, 0.25) is 6.79 Å². The van der Waals surface area contributed by atoms with Gasteiger partial charge in [-0.05, 0) is 68.1 Å². The average Bonchev–Trinajstić information content (AvgIpc) is 3.69. The maximum atomic E-state index is 14.9. The molecule has 306 valence electrons. The minimum Gasteiger partial charge on any atom is -0.504 e. The molecule has 0 aromatic heterocycles. The summed E-state index contributed by atoms with van der Waals surface area (Å²) in [5.41, 5.74) is 3.94. The van der Waals surface area contributed by atoms with E-state index in [1.54, 1.807) is 19.1 Å². The maximum absolute atomic E-state index is 14.9. The van der Waals surface area contributed by atoms with Crippen molar-refractivity contribution in [1.82, 2.24) is 15.1 Å². The molecule has 10 rings (SSSR count). The predicted octanol–water partition coefficient (Wildman–Crippen LogP) is 3.48. The number of ether oxygens (including phenoxy) is 6. The fourth-order valence-electron chi connectivity index (χ4n) is 10.7. The van der Waals surface area contributed by atoms with E-state index in [4.69, 9.17) is 28.4 Å². The van der Waals surface area contributed by atoms with Gasteiger partial charge in [-0.1, -0.05) is 6.07 Å². The molecule has 7 atom stereocenters. The van der Waals surface area contributed by atoms with Crippen molar-refractivity contribution in [1.29, 1.82) is 0 Å². The first-order valence-corrected chi connectivity index (χ1v) is 20.3. The molecule has 16 heteroatoms. The minimum absolute atomic E-state index is 0.00790. The number of carbonyl (C=O) groups is 4. The zero-order valence-corrected chi connectivity index (χ0v) is 33.8. The molecule has 3 aromatic carbocycles. The van der Waals surface area contributed by atoms with Crippen LogP contribution in [0.15, 0.2) is 18.2 Å². The number of methoxy groups -OCH3 is 2. The van der Waals surface area contributed by atoms with Crippen LogP contribution in [0.5, 0.6) is 40.2 Å². The highest BCUT2D eigenvalue weighted by atomic mass is 32.2. The van der Waals surface area contributed by atoms with Crippen molar-refractivity contribution in [3.63, 3.8) is 0 Å². The van der Waals surface area contributed by atoms with Crippen molar-refractivity contribution in [2.24, 2.45) is 5.92 Å². The number of aromatic hydroxyl groups is 2. The Morgan fingerprint density at radius 2 is 1.78 bits per heavy atom. The lowest BCUT2D eigenvalue weighted by molar-refractivity contribution is -0.162. The number of nitrogens with one attached hydrogen (secondary N) is 1. The number of thioether (sulfide) groups is 1. The van der Waals surface area contributed by atoms with Gasteiger partial charge in [-0.15, -0.1) is 11.8 Å². The van der Waals surface area contributed by atoms with Gasteiger partial charge in [-0.3, -0.25) is 19.9 Å². The lowest BCUT2D eigenvalue weighted by Crippen LogP contribution is -2.71.